The molecular weight excluding hydrogens is 518 g/mol. The predicted molar refractivity (Wildman–Crippen MR) is 135 cm³/mol. The van der Waals surface area contributed by atoms with E-state index in [1.165, 1.54) is 18.3 Å². The number of carbonyl (C=O) groups is 1. The first kappa shape index (κ1) is 26.3. The molecule has 0 saturated carbocycles. The van der Waals surface area contributed by atoms with E-state index in [4.69, 9.17) is 9.47 Å². The summed E-state index contributed by atoms with van der Waals surface area (Å²) in [7, 11) is -2.69. The van der Waals surface area contributed by atoms with E-state index < -0.39 is 25.8 Å². The van der Waals surface area contributed by atoms with Crippen LogP contribution in [0.4, 0.5) is 11.4 Å². The maximum atomic E-state index is 13.3. The van der Waals surface area contributed by atoms with Gasteiger partial charge in [0.25, 0.3) is 21.4 Å². The Morgan fingerprint density at radius 2 is 1.55 bits per heavy atom. The number of hydrogen-bond acceptors (Lipinski definition) is 9. The molecule has 12 nitrogen and oxygen atoms in total. The molecule has 0 aliphatic carbocycles. The van der Waals surface area contributed by atoms with Gasteiger partial charge in [-0.15, -0.1) is 0 Å². The standard InChI is InChI=1S/C25H21N3O9S/c1-36-21-8-2-17(3-9-21)4-13-25(29)37-16-18-15-26(24-12-7-20(28(32)33)14-23(18)24)38(34,35)22-10-5-19(6-11-22)27(30)31/h2-3,5-12,14-15H,4,13,16H2,1H3. The zero-order chi connectivity index (χ0) is 27.4. The largest absolute Gasteiger partial charge is 0.497 e. The topological polar surface area (TPSA) is 161 Å². The Labute approximate surface area is 216 Å². The lowest BCUT2D eigenvalue weighted by molar-refractivity contribution is -0.385. The van der Waals surface area contributed by atoms with Crippen LogP contribution >= 0.6 is 0 Å². The third-order valence-corrected chi connectivity index (χ3v) is 7.51. The lowest BCUT2D eigenvalue weighted by Crippen LogP contribution is -2.12. The van der Waals surface area contributed by atoms with Gasteiger partial charge in [0.2, 0.25) is 0 Å². The normalized spacial score (nSPS) is 11.3. The summed E-state index contributed by atoms with van der Waals surface area (Å²) in [6.45, 7) is -0.318. The van der Waals surface area contributed by atoms with Crippen LogP contribution in [0.5, 0.6) is 5.75 Å². The molecule has 38 heavy (non-hydrogen) atoms. The van der Waals surface area contributed by atoms with Crippen LogP contribution in [-0.4, -0.2) is 35.3 Å². The molecule has 0 spiro atoms. The average molecular weight is 540 g/mol. The molecule has 0 saturated heterocycles. The minimum atomic E-state index is -4.24. The number of carbonyl (C=O) groups excluding carboxylic acids is 1. The second-order valence-electron chi connectivity index (χ2n) is 8.17. The highest BCUT2D eigenvalue weighted by molar-refractivity contribution is 7.90. The quantitative estimate of drug-likeness (QED) is 0.162. The molecule has 0 aliphatic heterocycles. The van der Waals surface area contributed by atoms with E-state index in [1.807, 2.05) is 12.1 Å². The maximum Gasteiger partial charge on any atom is 0.306 e. The molecule has 196 valence electrons. The molecule has 0 fully saturated rings. The molecule has 0 amide bonds. The van der Waals surface area contributed by atoms with Crippen LogP contribution in [0, 0.1) is 20.2 Å². The van der Waals surface area contributed by atoms with E-state index in [1.54, 1.807) is 19.2 Å². The lowest BCUT2D eigenvalue weighted by Gasteiger charge is -2.07. The fourth-order valence-corrected chi connectivity index (χ4v) is 5.20. The highest BCUT2D eigenvalue weighted by atomic mass is 32.2. The first-order valence-corrected chi connectivity index (χ1v) is 12.6. The van der Waals surface area contributed by atoms with Crippen molar-refractivity contribution in [1.29, 1.82) is 0 Å². The highest BCUT2D eigenvalue weighted by Gasteiger charge is 2.24. The summed E-state index contributed by atoms with van der Waals surface area (Å²) in [4.78, 5) is 33.2. The van der Waals surface area contributed by atoms with Gasteiger partial charge in [0.1, 0.15) is 12.4 Å². The molecule has 4 rings (SSSR count). The molecular formula is C25H21N3O9S. The molecule has 0 N–H and O–H groups in total. The van der Waals surface area contributed by atoms with Crippen molar-refractivity contribution in [1.82, 2.24) is 3.97 Å². The molecule has 13 heteroatoms. The highest BCUT2D eigenvalue weighted by Crippen LogP contribution is 2.30. The zero-order valence-corrected chi connectivity index (χ0v) is 20.8. The summed E-state index contributed by atoms with van der Waals surface area (Å²) in [5.41, 5.74) is 0.712. The fourth-order valence-electron chi connectivity index (χ4n) is 3.80. The fraction of sp³-hybridized carbons (Fsp3) is 0.160. The smallest absolute Gasteiger partial charge is 0.306 e. The Morgan fingerprint density at radius 1 is 0.921 bits per heavy atom. The summed E-state index contributed by atoms with van der Waals surface area (Å²) < 4.78 is 38.1. The molecule has 4 aromatic rings. The minimum absolute atomic E-state index is 0.0617. The van der Waals surface area contributed by atoms with Gasteiger partial charge in [0.05, 0.1) is 27.4 Å². The average Bonchev–Trinajstić information content (AvgIpc) is 3.29. The monoisotopic (exact) mass is 539 g/mol. The van der Waals surface area contributed by atoms with Crippen LogP contribution in [0.25, 0.3) is 10.9 Å². The summed E-state index contributed by atoms with van der Waals surface area (Å²) in [5.74, 6) is 0.149. The Bertz CT molecular complexity index is 1630. The van der Waals surface area contributed by atoms with Crippen LogP contribution in [0.15, 0.2) is 77.8 Å². The van der Waals surface area contributed by atoms with Gasteiger partial charge in [0.15, 0.2) is 0 Å². The Balaban J connectivity index is 1.60. The molecule has 1 heterocycles. The van der Waals surface area contributed by atoms with Gasteiger partial charge in [0, 0.05) is 47.8 Å². The van der Waals surface area contributed by atoms with E-state index in [9.17, 15) is 33.4 Å². The number of ether oxygens (including phenoxy) is 2. The zero-order valence-electron chi connectivity index (χ0n) is 20.0. The molecule has 0 unspecified atom stereocenters. The van der Waals surface area contributed by atoms with Crippen LogP contribution < -0.4 is 4.74 Å². The number of aromatic nitrogens is 1. The van der Waals surface area contributed by atoms with Gasteiger partial charge >= 0.3 is 5.97 Å². The Hall–Kier alpha value is -4.78. The predicted octanol–water partition coefficient (Wildman–Crippen LogP) is 4.38. The van der Waals surface area contributed by atoms with Crippen LogP contribution in [0.3, 0.4) is 0 Å². The van der Waals surface area contributed by atoms with Crippen molar-refractivity contribution in [2.75, 3.05) is 7.11 Å². The van der Waals surface area contributed by atoms with Crippen molar-refractivity contribution in [2.24, 2.45) is 0 Å². The SMILES string of the molecule is COc1ccc(CCC(=O)OCc2cn(S(=O)(=O)c3ccc([N+](=O)[O-])cc3)c3ccc([N+](=O)[O-])cc23)cc1. The van der Waals surface area contributed by atoms with E-state index in [-0.39, 0.29) is 45.8 Å². The number of benzene rings is 3. The minimum Gasteiger partial charge on any atom is -0.497 e. The lowest BCUT2D eigenvalue weighted by atomic mass is 10.1. The van der Waals surface area contributed by atoms with Crippen molar-refractivity contribution in [3.63, 3.8) is 0 Å². The molecule has 0 radical (unpaired) electrons. The van der Waals surface area contributed by atoms with Crippen LogP contribution in [-0.2, 0) is 32.6 Å². The number of non-ortho nitro benzene ring substituents is 2. The number of aryl methyl sites for hydroxylation is 1. The van der Waals surface area contributed by atoms with Gasteiger partial charge in [-0.05, 0) is 42.3 Å². The number of rotatable bonds is 10. The third-order valence-electron chi connectivity index (χ3n) is 5.82. The summed E-state index contributed by atoms with van der Waals surface area (Å²) in [5, 5.41) is 22.5. The third kappa shape index (κ3) is 5.47. The first-order chi connectivity index (χ1) is 18.1. The Morgan fingerprint density at radius 3 is 2.16 bits per heavy atom. The molecule has 1 aromatic heterocycles. The summed E-state index contributed by atoms with van der Waals surface area (Å²) in [6, 6.07) is 15.2. The van der Waals surface area contributed by atoms with Crippen LogP contribution in [0.2, 0.25) is 0 Å². The van der Waals surface area contributed by atoms with E-state index >= 15 is 0 Å². The number of hydrogen-bond donors (Lipinski definition) is 0. The van der Waals surface area contributed by atoms with Gasteiger partial charge < -0.3 is 9.47 Å². The first-order valence-electron chi connectivity index (χ1n) is 11.2. The van der Waals surface area contributed by atoms with Crippen molar-refractivity contribution in [2.45, 2.75) is 24.3 Å². The van der Waals surface area contributed by atoms with E-state index in [0.29, 0.717) is 12.2 Å². The summed E-state index contributed by atoms with van der Waals surface area (Å²) >= 11 is 0. The molecule has 0 aliphatic rings. The number of esters is 1. The van der Waals surface area contributed by atoms with Crippen molar-refractivity contribution in [3.05, 3.63) is 104 Å². The number of nitro benzene ring substituents is 2. The van der Waals surface area contributed by atoms with Gasteiger partial charge in [-0.2, -0.15) is 0 Å². The molecule has 0 bridgehead atoms. The number of nitrogens with zero attached hydrogens (tertiary/aromatic N) is 3. The van der Waals surface area contributed by atoms with E-state index in [0.717, 1.165) is 39.9 Å². The maximum absolute atomic E-state index is 13.3. The summed E-state index contributed by atoms with van der Waals surface area (Å²) in [6.07, 6.45) is 1.69. The van der Waals surface area contributed by atoms with Crippen molar-refractivity contribution in [3.8, 4) is 5.75 Å². The van der Waals surface area contributed by atoms with Crippen molar-refractivity contribution >= 4 is 38.3 Å². The molecule has 0 atom stereocenters. The van der Waals surface area contributed by atoms with Gasteiger partial charge in [-0.25, -0.2) is 12.4 Å². The second kappa shape index (κ2) is 10.7. The second-order valence-corrected chi connectivity index (χ2v) is 9.99. The van der Waals surface area contributed by atoms with Gasteiger partial charge in [-0.1, -0.05) is 12.1 Å². The number of nitro groups is 2. The van der Waals surface area contributed by atoms with E-state index in [2.05, 4.69) is 0 Å². The molecule has 3 aromatic carbocycles. The Kier molecular flexibility index (Phi) is 7.39. The number of methoxy groups -OCH3 is 1. The van der Waals surface area contributed by atoms with Crippen molar-refractivity contribution < 1.29 is 32.5 Å². The number of fused-ring (bicyclic) bond motifs is 1. The van der Waals surface area contributed by atoms with Crippen LogP contribution in [0.1, 0.15) is 17.5 Å². The van der Waals surface area contributed by atoms with Gasteiger partial charge in [-0.3, -0.25) is 25.0 Å².